The van der Waals surface area contributed by atoms with Crippen LogP contribution in [-0.2, 0) is 9.53 Å². The normalized spacial score (nSPS) is 19.2. The molecule has 1 atom stereocenters. The van der Waals surface area contributed by atoms with Crippen LogP contribution in [0.4, 0.5) is 5.95 Å². The van der Waals surface area contributed by atoms with Crippen LogP contribution in [0.2, 0.25) is 0 Å². The number of likely N-dealkylation sites (tertiary alicyclic amines) is 1. The molecule has 2 aromatic heterocycles. The predicted octanol–water partition coefficient (Wildman–Crippen LogP) is 3.15. The summed E-state index contributed by atoms with van der Waals surface area (Å²) in [6.07, 6.45) is 4.26. The molecule has 1 N–H and O–H groups in total. The number of pyridine rings is 1. The number of piperidine rings is 1. The summed E-state index contributed by atoms with van der Waals surface area (Å²) in [4.78, 5) is 36.5. The third kappa shape index (κ3) is 4.23. The Morgan fingerprint density at radius 2 is 1.94 bits per heavy atom. The van der Waals surface area contributed by atoms with Crippen molar-refractivity contribution >= 4 is 22.9 Å². The number of hydrogen-bond acceptors (Lipinski definition) is 6. The number of fused-ring (bicyclic) bond motifs is 1. The minimum absolute atomic E-state index is 0.0493. The molecule has 33 heavy (non-hydrogen) atoms. The molecule has 0 spiro atoms. The maximum atomic E-state index is 13.7. The van der Waals surface area contributed by atoms with Gasteiger partial charge in [0.05, 0.1) is 12.6 Å². The van der Waals surface area contributed by atoms with Gasteiger partial charge in [0.2, 0.25) is 11.9 Å². The lowest BCUT2D eigenvalue weighted by molar-refractivity contribution is -0.129. The highest BCUT2D eigenvalue weighted by molar-refractivity contribution is 5.82. The van der Waals surface area contributed by atoms with E-state index in [2.05, 4.69) is 10.3 Å². The molecule has 2 aliphatic rings. The molecule has 2 saturated heterocycles. The Kier molecular flexibility index (Phi) is 5.85. The molecule has 0 unspecified atom stereocenters. The first-order valence-corrected chi connectivity index (χ1v) is 11.6. The van der Waals surface area contributed by atoms with Gasteiger partial charge in [0.25, 0.3) is 5.56 Å². The van der Waals surface area contributed by atoms with Gasteiger partial charge in [0.1, 0.15) is 5.65 Å². The molecule has 2 fully saturated rings. The summed E-state index contributed by atoms with van der Waals surface area (Å²) in [7, 11) is 0. The molecule has 2 aliphatic heterocycles. The molecule has 172 valence electrons. The van der Waals surface area contributed by atoms with Crippen LogP contribution >= 0.6 is 0 Å². The van der Waals surface area contributed by atoms with Crippen molar-refractivity contribution in [3.8, 4) is 11.1 Å². The van der Waals surface area contributed by atoms with Crippen molar-refractivity contribution in [3.05, 3.63) is 52.4 Å². The lowest BCUT2D eigenvalue weighted by atomic mass is 10.0. The Morgan fingerprint density at radius 1 is 1.15 bits per heavy atom. The Labute approximate surface area is 192 Å². The molecular weight excluding hydrogens is 418 g/mol. The molecule has 8 nitrogen and oxygen atoms in total. The first kappa shape index (κ1) is 21.6. The number of carbonyl (C=O) groups excluding carboxylic acids is 1. The average Bonchev–Trinajstić information content (AvgIpc) is 3.34. The van der Waals surface area contributed by atoms with Crippen molar-refractivity contribution in [1.29, 1.82) is 0 Å². The summed E-state index contributed by atoms with van der Waals surface area (Å²) in [5.74, 6) is 0.627. The number of aryl methyl sites for hydroxylation is 1. The van der Waals surface area contributed by atoms with Crippen molar-refractivity contribution in [2.75, 3.05) is 31.6 Å². The number of nitrogens with zero attached hydrogens (tertiary/aromatic N) is 4. The molecule has 0 bridgehead atoms. The zero-order chi connectivity index (χ0) is 22.9. The molecule has 8 heteroatoms. The second kappa shape index (κ2) is 8.94. The van der Waals surface area contributed by atoms with E-state index in [4.69, 9.17) is 9.72 Å². The summed E-state index contributed by atoms with van der Waals surface area (Å²) >= 11 is 0. The van der Waals surface area contributed by atoms with Gasteiger partial charge in [-0.3, -0.25) is 14.2 Å². The van der Waals surface area contributed by atoms with Crippen molar-refractivity contribution in [2.45, 2.75) is 45.2 Å². The molecule has 3 aromatic rings. The van der Waals surface area contributed by atoms with Gasteiger partial charge in [-0.2, -0.15) is 4.98 Å². The molecule has 0 aliphatic carbocycles. The van der Waals surface area contributed by atoms with Crippen LogP contribution in [0.5, 0.6) is 0 Å². The van der Waals surface area contributed by atoms with Gasteiger partial charge in [0.15, 0.2) is 0 Å². The average molecular weight is 448 g/mol. The van der Waals surface area contributed by atoms with Crippen LogP contribution in [0.25, 0.3) is 22.2 Å². The standard InChI is InChI=1S/C25H29N5O3/c1-16-5-3-4-6-21(16)22-13-18-14-26-25(27-19-7-10-29(11-8-19)17(2)31)28-23(18)30(24(22)32)20-9-12-33-15-20/h3-6,13-14,19-20H,7-12,15H2,1-2H3,(H,26,27,28)/t20-/m1/s1. The van der Waals surface area contributed by atoms with Crippen LogP contribution in [0.1, 0.15) is 37.8 Å². The molecule has 4 heterocycles. The molecular formula is C25H29N5O3. The molecule has 1 amide bonds. The number of nitrogens with one attached hydrogen (secondary N) is 1. The number of benzene rings is 1. The van der Waals surface area contributed by atoms with E-state index in [1.54, 1.807) is 17.7 Å². The molecule has 0 radical (unpaired) electrons. The highest BCUT2D eigenvalue weighted by Gasteiger charge is 2.25. The third-order valence-corrected chi connectivity index (χ3v) is 6.75. The summed E-state index contributed by atoms with van der Waals surface area (Å²) in [5.41, 5.74) is 3.22. The monoisotopic (exact) mass is 447 g/mol. The fourth-order valence-corrected chi connectivity index (χ4v) is 4.84. The van der Waals surface area contributed by atoms with Gasteiger partial charge in [-0.25, -0.2) is 4.98 Å². The number of ether oxygens (including phenoxy) is 1. The van der Waals surface area contributed by atoms with Crippen molar-refractivity contribution in [3.63, 3.8) is 0 Å². The topological polar surface area (TPSA) is 89.4 Å². The Hall–Kier alpha value is -3.26. The summed E-state index contributed by atoms with van der Waals surface area (Å²) in [5, 5.41) is 4.25. The van der Waals surface area contributed by atoms with Gasteiger partial charge in [-0.05, 0) is 43.4 Å². The minimum atomic E-state index is -0.0504. The SMILES string of the molecule is CC(=O)N1CCC(Nc2ncc3cc(-c4ccccc4C)c(=O)n([C@@H]4CCOC4)c3n2)CC1. The van der Waals surface area contributed by atoms with Gasteiger partial charge in [-0.15, -0.1) is 0 Å². The van der Waals surface area contributed by atoms with E-state index in [9.17, 15) is 9.59 Å². The van der Waals surface area contributed by atoms with Gasteiger partial charge in [0, 0.05) is 49.8 Å². The smallest absolute Gasteiger partial charge is 0.260 e. The number of hydrogen-bond donors (Lipinski definition) is 1. The molecule has 5 rings (SSSR count). The lowest BCUT2D eigenvalue weighted by Gasteiger charge is -2.31. The van der Waals surface area contributed by atoms with Gasteiger partial charge in [-0.1, -0.05) is 24.3 Å². The van der Waals surface area contributed by atoms with Crippen LogP contribution in [0, 0.1) is 6.92 Å². The highest BCUT2D eigenvalue weighted by atomic mass is 16.5. The quantitative estimate of drug-likeness (QED) is 0.661. The van der Waals surface area contributed by atoms with Gasteiger partial charge >= 0.3 is 0 Å². The van der Waals surface area contributed by atoms with E-state index in [1.807, 2.05) is 42.2 Å². The Balaban J connectivity index is 1.53. The first-order valence-electron chi connectivity index (χ1n) is 11.6. The third-order valence-electron chi connectivity index (χ3n) is 6.75. The van der Waals surface area contributed by atoms with Crippen LogP contribution in [0.15, 0.2) is 41.3 Å². The number of aromatic nitrogens is 3. The summed E-state index contributed by atoms with van der Waals surface area (Å²) in [6.45, 7) is 6.22. The van der Waals surface area contributed by atoms with Crippen LogP contribution in [0.3, 0.4) is 0 Å². The second-order valence-electron chi connectivity index (χ2n) is 8.96. The van der Waals surface area contributed by atoms with E-state index in [0.29, 0.717) is 30.4 Å². The number of amides is 1. The predicted molar refractivity (Wildman–Crippen MR) is 127 cm³/mol. The Morgan fingerprint density at radius 3 is 2.64 bits per heavy atom. The molecule has 0 saturated carbocycles. The summed E-state index contributed by atoms with van der Waals surface area (Å²) < 4.78 is 7.42. The lowest BCUT2D eigenvalue weighted by Crippen LogP contribution is -2.41. The zero-order valence-electron chi connectivity index (χ0n) is 19.1. The van der Waals surface area contributed by atoms with E-state index >= 15 is 0 Å². The Bertz CT molecular complexity index is 1240. The highest BCUT2D eigenvalue weighted by Crippen LogP contribution is 2.28. The maximum absolute atomic E-state index is 13.7. The largest absolute Gasteiger partial charge is 0.379 e. The number of anilines is 1. The van der Waals surface area contributed by atoms with Crippen molar-refractivity contribution in [2.24, 2.45) is 0 Å². The minimum Gasteiger partial charge on any atom is -0.379 e. The number of rotatable bonds is 4. The van der Waals surface area contributed by atoms with Crippen molar-refractivity contribution < 1.29 is 9.53 Å². The van der Waals surface area contributed by atoms with E-state index in [-0.39, 0.29) is 23.6 Å². The van der Waals surface area contributed by atoms with E-state index in [1.165, 1.54) is 0 Å². The molecule has 1 aromatic carbocycles. The second-order valence-corrected chi connectivity index (χ2v) is 8.96. The van der Waals surface area contributed by atoms with Crippen LogP contribution in [-0.4, -0.2) is 57.7 Å². The zero-order valence-corrected chi connectivity index (χ0v) is 19.1. The fourth-order valence-electron chi connectivity index (χ4n) is 4.84. The van der Waals surface area contributed by atoms with E-state index in [0.717, 1.165) is 48.9 Å². The maximum Gasteiger partial charge on any atom is 0.260 e. The van der Waals surface area contributed by atoms with Crippen molar-refractivity contribution in [1.82, 2.24) is 19.4 Å². The van der Waals surface area contributed by atoms with Gasteiger partial charge < -0.3 is 15.0 Å². The number of carbonyl (C=O) groups is 1. The first-order chi connectivity index (χ1) is 16.0. The van der Waals surface area contributed by atoms with E-state index < -0.39 is 0 Å². The summed E-state index contributed by atoms with van der Waals surface area (Å²) in [6, 6.07) is 9.98. The van der Waals surface area contributed by atoms with Crippen LogP contribution < -0.4 is 10.9 Å². The fraction of sp³-hybridized carbons (Fsp3) is 0.440.